The van der Waals surface area contributed by atoms with Crippen LogP contribution in [0, 0.1) is 0 Å². The van der Waals surface area contributed by atoms with E-state index in [0.717, 1.165) is 49.7 Å². The molecule has 2 aromatic carbocycles. The van der Waals surface area contributed by atoms with Crippen molar-refractivity contribution < 1.29 is 14.6 Å². The molecule has 7 heteroatoms. The van der Waals surface area contributed by atoms with E-state index in [1.54, 1.807) is 7.11 Å². The molecule has 1 saturated heterocycles. The average Bonchev–Trinajstić information content (AvgIpc) is 2.68. The second-order valence-corrected chi connectivity index (χ2v) is 6.66. The van der Waals surface area contributed by atoms with Crippen LogP contribution < -0.4 is 9.64 Å². The minimum absolute atomic E-state index is 0. The van der Waals surface area contributed by atoms with Gasteiger partial charge >= 0.3 is 5.97 Å². The Morgan fingerprint density at radius 3 is 2.21 bits per heavy atom. The maximum atomic E-state index is 11.3. The Labute approximate surface area is 179 Å². The number of carbonyl (C=O) groups is 1. The van der Waals surface area contributed by atoms with Crippen LogP contribution in [0.15, 0.2) is 54.6 Å². The Hall–Kier alpha value is -1.95. The number of halogens is 2. The first kappa shape index (κ1) is 24.1. The molecule has 0 amide bonds. The lowest BCUT2D eigenvalue weighted by atomic mass is 9.95. The number of aliphatic carboxylic acids is 1. The number of rotatable bonds is 7. The highest BCUT2D eigenvalue weighted by Gasteiger charge is 2.24. The van der Waals surface area contributed by atoms with Crippen molar-refractivity contribution in [1.82, 2.24) is 4.90 Å². The normalized spacial score (nSPS) is 15.1. The van der Waals surface area contributed by atoms with Crippen molar-refractivity contribution in [2.24, 2.45) is 0 Å². The highest BCUT2D eigenvalue weighted by Crippen LogP contribution is 2.29. The number of methoxy groups -OCH3 is 1. The molecule has 0 bridgehead atoms. The molecule has 1 aliphatic heterocycles. The minimum Gasteiger partial charge on any atom is -0.495 e. The van der Waals surface area contributed by atoms with E-state index in [-0.39, 0.29) is 37.2 Å². The van der Waals surface area contributed by atoms with Gasteiger partial charge in [-0.2, -0.15) is 0 Å². The van der Waals surface area contributed by atoms with Gasteiger partial charge in [-0.05, 0) is 17.7 Å². The molecule has 0 aliphatic carbocycles. The summed E-state index contributed by atoms with van der Waals surface area (Å²) in [4.78, 5) is 16.0. The first-order valence-electron chi connectivity index (χ1n) is 9.04. The molecule has 28 heavy (non-hydrogen) atoms. The topological polar surface area (TPSA) is 53.0 Å². The zero-order chi connectivity index (χ0) is 18.4. The number of anilines is 1. The lowest BCUT2D eigenvalue weighted by molar-refractivity contribution is -0.137. The van der Waals surface area contributed by atoms with Gasteiger partial charge < -0.3 is 14.7 Å². The standard InChI is InChI=1S/C21H26N2O3.2ClH/c1-26-20-10-6-5-9-19(20)23-13-11-22(12-14-23)16-18(15-21(24)25)17-7-3-2-4-8-17;;/h2-10,18H,11-16H2,1H3,(H,24,25);2*1H. The molecule has 3 rings (SSSR count). The van der Waals surface area contributed by atoms with Gasteiger partial charge in [-0.15, -0.1) is 24.8 Å². The van der Waals surface area contributed by atoms with E-state index in [1.807, 2.05) is 48.5 Å². The number of para-hydroxylation sites is 2. The number of ether oxygens (including phenoxy) is 1. The second kappa shape index (κ2) is 11.8. The summed E-state index contributed by atoms with van der Waals surface area (Å²) in [6.07, 6.45) is 0.163. The van der Waals surface area contributed by atoms with Crippen molar-refractivity contribution in [2.75, 3.05) is 44.7 Å². The van der Waals surface area contributed by atoms with E-state index in [9.17, 15) is 9.90 Å². The maximum Gasteiger partial charge on any atom is 0.304 e. The van der Waals surface area contributed by atoms with Crippen molar-refractivity contribution >= 4 is 36.5 Å². The Kier molecular flexibility index (Phi) is 10.1. The second-order valence-electron chi connectivity index (χ2n) is 6.66. The third kappa shape index (κ3) is 6.30. The van der Waals surface area contributed by atoms with Gasteiger partial charge in [-0.3, -0.25) is 9.69 Å². The summed E-state index contributed by atoms with van der Waals surface area (Å²) in [5.74, 6) is 0.173. The van der Waals surface area contributed by atoms with Crippen LogP contribution in [-0.4, -0.2) is 55.8 Å². The first-order chi connectivity index (χ1) is 12.7. The van der Waals surface area contributed by atoms with E-state index in [0.29, 0.717) is 0 Å². The number of nitrogens with zero attached hydrogens (tertiary/aromatic N) is 2. The number of carboxylic acids is 1. The third-order valence-corrected chi connectivity index (χ3v) is 4.97. The average molecular weight is 427 g/mol. The highest BCUT2D eigenvalue weighted by molar-refractivity contribution is 5.85. The molecule has 0 spiro atoms. The lowest BCUT2D eigenvalue weighted by Crippen LogP contribution is -2.47. The van der Waals surface area contributed by atoms with Crippen LogP contribution in [-0.2, 0) is 4.79 Å². The van der Waals surface area contributed by atoms with Gasteiger partial charge in [0.2, 0.25) is 0 Å². The maximum absolute atomic E-state index is 11.3. The monoisotopic (exact) mass is 426 g/mol. The number of hydrogen-bond acceptors (Lipinski definition) is 4. The Morgan fingerprint density at radius 2 is 1.61 bits per heavy atom. The number of hydrogen-bond donors (Lipinski definition) is 1. The van der Waals surface area contributed by atoms with E-state index in [4.69, 9.17) is 4.74 Å². The van der Waals surface area contributed by atoms with E-state index >= 15 is 0 Å². The molecule has 1 heterocycles. The highest BCUT2D eigenvalue weighted by atomic mass is 35.5. The summed E-state index contributed by atoms with van der Waals surface area (Å²) in [7, 11) is 1.70. The molecule has 1 fully saturated rings. The molecule has 1 atom stereocenters. The molecular formula is C21H28Cl2N2O3. The molecule has 1 unspecified atom stereocenters. The van der Waals surface area contributed by atoms with Gasteiger partial charge in [0.15, 0.2) is 0 Å². The van der Waals surface area contributed by atoms with Gasteiger partial charge in [0.25, 0.3) is 0 Å². The first-order valence-corrected chi connectivity index (χ1v) is 9.04. The van der Waals surface area contributed by atoms with Crippen molar-refractivity contribution in [3.63, 3.8) is 0 Å². The summed E-state index contributed by atoms with van der Waals surface area (Å²) in [6.45, 7) is 4.43. The van der Waals surface area contributed by atoms with Crippen LogP contribution in [0.1, 0.15) is 17.9 Å². The molecule has 5 nitrogen and oxygen atoms in total. The van der Waals surface area contributed by atoms with Crippen LogP contribution in [0.2, 0.25) is 0 Å². The Bertz CT molecular complexity index is 723. The Balaban J connectivity index is 0.00000196. The van der Waals surface area contributed by atoms with Crippen LogP contribution in [0.4, 0.5) is 5.69 Å². The smallest absolute Gasteiger partial charge is 0.304 e. The fraction of sp³-hybridized carbons (Fsp3) is 0.381. The number of piperazine rings is 1. The zero-order valence-electron chi connectivity index (χ0n) is 16.0. The van der Waals surface area contributed by atoms with Gasteiger partial charge in [0.05, 0.1) is 19.2 Å². The Morgan fingerprint density at radius 1 is 1.00 bits per heavy atom. The molecule has 0 radical (unpaired) electrons. The predicted octanol–water partition coefficient (Wildman–Crippen LogP) is 3.92. The van der Waals surface area contributed by atoms with E-state index < -0.39 is 5.97 Å². The molecule has 0 saturated carbocycles. The molecule has 2 aromatic rings. The zero-order valence-corrected chi connectivity index (χ0v) is 17.6. The van der Waals surface area contributed by atoms with Crippen LogP contribution in [0.5, 0.6) is 5.75 Å². The van der Waals surface area contributed by atoms with Crippen molar-refractivity contribution in [1.29, 1.82) is 0 Å². The van der Waals surface area contributed by atoms with Gasteiger partial charge in [0, 0.05) is 38.6 Å². The van der Waals surface area contributed by atoms with E-state index in [1.165, 1.54) is 0 Å². The van der Waals surface area contributed by atoms with Gasteiger partial charge in [-0.25, -0.2) is 0 Å². The number of carboxylic acid groups (broad SMARTS) is 1. The van der Waals surface area contributed by atoms with Crippen LogP contribution >= 0.6 is 24.8 Å². The quantitative estimate of drug-likeness (QED) is 0.726. The summed E-state index contributed by atoms with van der Waals surface area (Å²) in [5, 5.41) is 9.28. The molecule has 1 aliphatic rings. The van der Waals surface area contributed by atoms with Crippen molar-refractivity contribution in [3.8, 4) is 5.75 Å². The van der Waals surface area contributed by atoms with E-state index in [2.05, 4.69) is 15.9 Å². The summed E-state index contributed by atoms with van der Waals surface area (Å²) < 4.78 is 5.47. The largest absolute Gasteiger partial charge is 0.495 e. The minimum atomic E-state index is -0.744. The fourth-order valence-electron chi connectivity index (χ4n) is 3.60. The van der Waals surface area contributed by atoms with Crippen LogP contribution in [0.3, 0.4) is 0 Å². The van der Waals surface area contributed by atoms with Gasteiger partial charge in [0.1, 0.15) is 5.75 Å². The van der Waals surface area contributed by atoms with Crippen molar-refractivity contribution in [2.45, 2.75) is 12.3 Å². The SMILES string of the molecule is COc1ccccc1N1CCN(CC(CC(=O)O)c2ccccc2)CC1.Cl.Cl. The molecule has 0 aromatic heterocycles. The number of benzene rings is 2. The molecule has 1 N–H and O–H groups in total. The summed E-state index contributed by atoms with van der Waals surface area (Å²) in [6, 6.07) is 18.1. The fourth-order valence-corrected chi connectivity index (χ4v) is 3.60. The predicted molar refractivity (Wildman–Crippen MR) is 118 cm³/mol. The molecule has 154 valence electrons. The van der Waals surface area contributed by atoms with Crippen molar-refractivity contribution in [3.05, 3.63) is 60.2 Å². The molecular weight excluding hydrogens is 399 g/mol. The van der Waals surface area contributed by atoms with Crippen LogP contribution in [0.25, 0.3) is 0 Å². The summed E-state index contributed by atoms with van der Waals surface area (Å²) >= 11 is 0. The van der Waals surface area contributed by atoms with Gasteiger partial charge in [-0.1, -0.05) is 42.5 Å². The third-order valence-electron chi connectivity index (χ3n) is 4.97. The summed E-state index contributed by atoms with van der Waals surface area (Å²) in [5.41, 5.74) is 2.22. The lowest BCUT2D eigenvalue weighted by Gasteiger charge is -2.38.